The lowest BCUT2D eigenvalue weighted by atomic mass is 9.96. The van der Waals surface area contributed by atoms with Gasteiger partial charge in [-0.3, -0.25) is 0 Å². The standard InChI is InChI=1S/C20H26N2O2/c1-15(2)19(17-10-6-5-7-11-17)21-20(23)22(3)14-16-9-8-12-18(13-16)24-4/h5-13,15,19H,14H2,1-4H3,(H,21,23). The second-order valence-electron chi connectivity index (χ2n) is 6.29. The highest BCUT2D eigenvalue weighted by molar-refractivity contribution is 5.74. The SMILES string of the molecule is COc1cccc(CN(C)C(=O)NC(c2ccccc2)C(C)C)c1. The third kappa shape index (κ3) is 4.75. The molecule has 0 aromatic heterocycles. The van der Waals surface area contributed by atoms with Gasteiger partial charge in [-0.25, -0.2) is 4.79 Å². The van der Waals surface area contributed by atoms with Crippen LogP contribution in [0.1, 0.15) is 31.0 Å². The Balaban J connectivity index is 2.03. The van der Waals surface area contributed by atoms with Crippen molar-refractivity contribution in [2.75, 3.05) is 14.2 Å². The molecule has 0 aliphatic rings. The van der Waals surface area contributed by atoms with Gasteiger partial charge < -0.3 is 15.0 Å². The summed E-state index contributed by atoms with van der Waals surface area (Å²) in [5.74, 6) is 1.10. The zero-order chi connectivity index (χ0) is 17.5. The lowest BCUT2D eigenvalue weighted by molar-refractivity contribution is 0.198. The van der Waals surface area contributed by atoms with Gasteiger partial charge in [-0.2, -0.15) is 0 Å². The summed E-state index contributed by atoms with van der Waals surface area (Å²) in [4.78, 5) is 14.3. The summed E-state index contributed by atoms with van der Waals surface area (Å²) < 4.78 is 5.23. The molecular formula is C20H26N2O2. The molecule has 128 valence electrons. The predicted molar refractivity (Wildman–Crippen MR) is 97.0 cm³/mol. The van der Waals surface area contributed by atoms with Crippen LogP contribution in [0.15, 0.2) is 54.6 Å². The van der Waals surface area contributed by atoms with Crippen LogP contribution in [0.25, 0.3) is 0 Å². The highest BCUT2D eigenvalue weighted by Crippen LogP contribution is 2.22. The van der Waals surface area contributed by atoms with Crippen LogP contribution >= 0.6 is 0 Å². The van der Waals surface area contributed by atoms with E-state index < -0.39 is 0 Å². The number of amides is 2. The summed E-state index contributed by atoms with van der Waals surface area (Å²) >= 11 is 0. The van der Waals surface area contributed by atoms with Crippen LogP contribution in [-0.4, -0.2) is 25.1 Å². The predicted octanol–water partition coefficient (Wildman–Crippen LogP) is 4.23. The number of hydrogen-bond donors (Lipinski definition) is 1. The molecule has 2 aromatic rings. The van der Waals surface area contributed by atoms with E-state index in [1.54, 1.807) is 19.1 Å². The van der Waals surface area contributed by atoms with Gasteiger partial charge in [-0.15, -0.1) is 0 Å². The van der Waals surface area contributed by atoms with Crippen molar-refractivity contribution >= 4 is 6.03 Å². The smallest absolute Gasteiger partial charge is 0.317 e. The van der Waals surface area contributed by atoms with Gasteiger partial charge in [0.25, 0.3) is 0 Å². The molecule has 2 aromatic carbocycles. The van der Waals surface area contributed by atoms with E-state index >= 15 is 0 Å². The molecule has 0 heterocycles. The van der Waals surface area contributed by atoms with Crippen molar-refractivity contribution in [3.63, 3.8) is 0 Å². The van der Waals surface area contributed by atoms with Crippen molar-refractivity contribution in [1.29, 1.82) is 0 Å². The fourth-order valence-electron chi connectivity index (χ4n) is 2.65. The fraction of sp³-hybridized carbons (Fsp3) is 0.350. The second kappa shape index (κ2) is 8.39. The van der Waals surface area contributed by atoms with Crippen LogP contribution in [-0.2, 0) is 6.54 Å². The number of rotatable bonds is 6. The molecule has 0 aliphatic heterocycles. The van der Waals surface area contributed by atoms with E-state index in [1.807, 2.05) is 54.6 Å². The number of methoxy groups -OCH3 is 1. The van der Waals surface area contributed by atoms with Gasteiger partial charge in [0, 0.05) is 13.6 Å². The molecule has 0 saturated heterocycles. The minimum atomic E-state index is -0.0830. The lowest BCUT2D eigenvalue weighted by Gasteiger charge is -2.26. The van der Waals surface area contributed by atoms with E-state index in [0.717, 1.165) is 16.9 Å². The molecule has 2 amide bonds. The topological polar surface area (TPSA) is 41.6 Å². The van der Waals surface area contributed by atoms with Crippen LogP contribution in [0.4, 0.5) is 4.79 Å². The van der Waals surface area contributed by atoms with E-state index in [4.69, 9.17) is 4.74 Å². The minimum Gasteiger partial charge on any atom is -0.497 e. The minimum absolute atomic E-state index is 0.00791. The Labute approximate surface area is 144 Å². The molecule has 4 nitrogen and oxygen atoms in total. The molecule has 2 rings (SSSR count). The Morgan fingerprint density at radius 2 is 1.83 bits per heavy atom. The van der Waals surface area contributed by atoms with Crippen molar-refractivity contribution in [2.45, 2.75) is 26.4 Å². The fourth-order valence-corrected chi connectivity index (χ4v) is 2.65. The van der Waals surface area contributed by atoms with E-state index in [9.17, 15) is 4.79 Å². The maximum atomic E-state index is 12.6. The number of hydrogen-bond acceptors (Lipinski definition) is 2. The van der Waals surface area contributed by atoms with E-state index in [1.165, 1.54) is 0 Å². The van der Waals surface area contributed by atoms with Crippen molar-refractivity contribution < 1.29 is 9.53 Å². The molecule has 0 saturated carbocycles. The highest BCUT2D eigenvalue weighted by atomic mass is 16.5. The van der Waals surface area contributed by atoms with E-state index in [0.29, 0.717) is 12.5 Å². The van der Waals surface area contributed by atoms with Gasteiger partial charge in [0.05, 0.1) is 13.2 Å². The molecule has 1 N–H and O–H groups in total. The molecule has 0 spiro atoms. The van der Waals surface area contributed by atoms with Crippen molar-refractivity contribution in [3.8, 4) is 5.75 Å². The number of nitrogens with one attached hydrogen (secondary N) is 1. The number of carbonyl (C=O) groups is 1. The van der Waals surface area contributed by atoms with E-state index in [2.05, 4.69) is 19.2 Å². The summed E-state index contributed by atoms with van der Waals surface area (Å²) in [6.45, 7) is 4.75. The maximum Gasteiger partial charge on any atom is 0.317 e. The lowest BCUT2D eigenvalue weighted by Crippen LogP contribution is -2.40. The van der Waals surface area contributed by atoms with Crippen LogP contribution < -0.4 is 10.1 Å². The summed E-state index contributed by atoms with van der Waals surface area (Å²) in [5, 5.41) is 3.14. The Kier molecular flexibility index (Phi) is 6.24. The molecule has 1 unspecified atom stereocenters. The average molecular weight is 326 g/mol. The molecular weight excluding hydrogens is 300 g/mol. The van der Waals surface area contributed by atoms with Crippen molar-refractivity contribution in [1.82, 2.24) is 10.2 Å². The molecule has 24 heavy (non-hydrogen) atoms. The zero-order valence-electron chi connectivity index (χ0n) is 14.8. The van der Waals surface area contributed by atoms with Crippen LogP contribution in [0.3, 0.4) is 0 Å². The summed E-state index contributed by atoms with van der Waals surface area (Å²) in [6.07, 6.45) is 0. The summed E-state index contributed by atoms with van der Waals surface area (Å²) in [7, 11) is 3.44. The average Bonchev–Trinajstić information content (AvgIpc) is 2.60. The quantitative estimate of drug-likeness (QED) is 0.863. The number of carbonyl (C=O) groups excluding carboxylic acids is 1. The molecule has 4 heteroatoms. The van der Waals surface area contributed by atoms with Crippen molar-refractivity contribution in [2.24, 2.45) is 5.92 Å². The third-order valence-electron chi connectivity index (χ3n) is 4.00. The summed E-state index contributed by atoms with van der Waals surface area (Å²) in [6, 6.07) is 17.7. The van der Waals surface area contributed by atoms with Crippen molar-refractivity contribution in [3.05, 3.63) is 65.7 Å². The van der Waals surface area contributed by atoms with E-state index in [-0.39, 0.29) is 12.1 Å². The van der Waals surface area contributed by atoms with Gasteiger partial charge in [-0.05, 0) is 29.2 Å². The zero-order valence-corrected chi connectivity index (χ0v) is 14.8. The van der Waals surface area contributed by atoms with Crippen LogP contribution in [0.2, 0.25) is 0 Å². The number of benzene rings is 2. The Morgan fingerprint density at radius 3 is 2.46 bits per heavy atom. The first-order valence-corrected chi connectivity index (χ1v) is 8.20. The summed E-state index contributed by atoms with van der Waals surface area (Å²) in [5.41, 5.74) is 2.16. The Morgan fingerprint density at radius 1 is 1.12 bits per heavy atom. The number of urea groups is 1. The highest BCUT2D eigenvalue weighted by Gasteiger charge is 2.20. The largest absolute Gasteiger partial charge is 0.497 e. The number of nitrogens with zero attached hydrogens (tertiary/aromatic N) is 1. The monoisotopic (exact) mass is 326 g/mol. The van der Waals surface area contributed by atoms with Crippen LogP contribution in [0, 0.1) is 5.92 Å². The van der Waals surface area contributed by atoms with Gasteiger partial charge in [-0.1, -0.05) is 56.3 Å². The molecule has 1 atom stereocenters. The van der Waals surface area contributed by atoms with Gasteiger partial charge in [0.15, 0.2) is 0 Å². The third-order valence-corrected chi connectivity index (χ3v) is 4.00. The molecule has 0 bridgehead atoms. The Hall–Kier alpha value is -2.49. The van der Waals surface area contributed by atoms with Crippen LogP contribution in [0.5, 0.6) is 5.75 Å². The molecule has 0 aliphatic carbocycles. The first kappa shape index (κ1) is 17.9. The molecule has 0 fully saturated rings. The maximum absolute atomic E-state index is 12.6. The van der Waals surface area contributed by atoms with Gasteiger partial charge in [0.1, 0.15) is 5.75 Å². The van der Waals surface area contributed by atoms with Gasteiger partial charge >= 0.3 is 6.03 Å². The first-order chi connectivity index (χ1) is 11.5. The second-order valence-corrected chi connectivity index (χ2v) is 6.29. The van der Waals surface area contributed by atoms with Gasteiger partial charge in [0.2, 0.25) is 0 Å². The molecule has 0 radical (unpaired) electrons. The normalized spacial score (nSPS) is 11.9. The first-order valence-electron chi connectivity index (χ1n) is 8.20. The Bertz CT molecular complexity index is 656. The number of ether oxygens (including phenoxy) is 1.